The molecule has 1 aliphatic carbocycles. The Labute approximate surface area is 160 Å². The van der Waals surface area contributed by atoms with E-state index in [2.05, 4.69) is 16.7 Å². The number of methoxy groups -OCH3 is 2. The average Bonchev–Trinajstić information content (AvgIpc) is 2.67. The second-order valence-corrected chi connectivity index (χ2v) is 6.47. The summed E-state index contributed by atoms with van der Waals surface area (Å²) in [5.41, 5.74) is 2.32. The van der Waals surface area contributed by atoms with E-state index >= 15 is 0 Å². The Bertz CT molecular complexity index is 738. The van der Waals surface area contributed by atoms with Crippen LogP contribution < -0.4 is 20.1 Å². The number of carbonyl (C=O) groups is 2. The molecule has 6 heteroatoms. The lowest BCUT2D eigenvalue weighted by Crippen LogP contribution is -2.34. The zero-order valence-corrected chi connectivity index (χ0v) is 16.3. The molecule has 146 valence electrons. The largest absolute Gasteiger partial charge is 0.493 e. The summed E-state index contributed by atoms with van der Waals surface area (Å²) in [6.45, 7) is 1.93. The van der Waals surface area contributed by atoms with E-state index in [4.69, 9.17) is 9.47 Å². The zero-order valence-electron chi connectivity index (χ0n) is 16.3. The van der Waals surface area contributed by atoms with Gasteiger partial charge in [-0.25, -0.2) is 0 Å². The van der Waals surface area contributed by atoms with E-state index in [0.29, 0.717) is 18.0 Å². The molecule has 0 atom stereocenters. The van der Waals surface area contributed by atoms with Gasteiger partial charge in [-0.1, -0.05) is 17.7 Å². The van der Waals surface area contributed by atoms with E-state index < -0.39 is 0 Å². The van der Waals surface area contributed by atoms with Gasteiger partial charge in [-0.15, -0.1) is 0 Å². The van der Waals surface area contributed by atoms with E-state index in [0.717, 1.165) is 24.8 Å². The van der Waals surface area contributed by atoms with Gasteiger partial charge in [-0.05, 0) is 55.9 Å². The standard InChI is InChI=1S/C21H28N2O4/c1-15(24)23-18(13-17-9-10-19(26-2)20(14-17)27-3)21(25)22-12-11-16-7-5-4-6-8-16/h7,9-10,13-14H,4-6,8,11-12H2,1-3H3,(H,22,25)(H,23,24). The Hall–Kier alpha value is -2.76. The summed E-state index contributed by atoms with van der Waals surface area (Å²) in [5.74, 6) is 0.544. The maximum absolute atomic E-state index is 12.5. The van der Waals surface area contributed by atoms with Crippen LogP contribution in [0.1, 0.15) is 44.6 Å². The predicted molar refractivity (Wildman–Crippen MR) is 106 cm³/mol. The summed E-state index contributed by atoms with van der Waals surface area (Å²) < 4.78 is 10.5. The number of rotatable bonds is 8. The van der Waals surface area contributed by atoms with Gasteiger partial charge in [0.05, 0.1) is 14.2 Å². The minimum Gasteiger partial charge on any atom is -0.493 e. The van der Waals surface area contributed by atoms with Crippen LogP contribution in [0.3, 0.4) is 0 Å². The van der Waals surface area contributed by atoms with Gasteiger partial charge in [0.1, 0.15) is 5.70 Å². The van der Waals surface area contributed by atoms with Gasteiger partial charge >= 0.3 is 0 Å². The Morgan fingerprint density at radius 1 is 1.15 bits per heavy atom. The zero-order chi connectivity index (χ0) is 19.6. The highest BCUT2D eigenvalue weighted by Crippen LogP contribution is 2.28. The first-order valence-electron chi connectivity index (χ1n) is 9.21. The Kier molecular flexibility index (Phi) is 7.92. The molecule has 0 unspecified atom stereocenters. The first-order valence-corrected chi connectivity index (χ1v) is 9.21. The highest BCUT2D eigenvalue weighted by Gasteiger charge is 2.13. The predicted octanol–water partition coefficient (Wildman–Crippen LogP) is 3.19. The first kappa shape index (κ1) is 20.6. The van der Waals surface area contributed by atoms with Crippen molar-refractivity contribution in [3.8, 4) is 11.5 Å². The minimum atomic E-state index is -0.309. The van der Waals surface area contributed by atoms with Gasteiger partial charge in [0.25, 0.3) is 5.91 Å². The molecule has 27 heavy (non-hydrogen) atoms. The van der Waals surface area contributed by atoms with Gasteiger partial charge < -0.3 is 20.1 Å². The maximum atomic E-state index is 12.5. The number of hydrogen-bond donors (Lipinski definition) is 2. The van der Waals surface area contributed by atoms with Crippen molar-refractivity contribution in [3.05, 3.63) is 41.1 Å². The summed E-state index contributed by atoms with van der Waals surface area (Å²) in [6, 6.07) is 5.30. The van der Waals surface area contributed by atoms with Crippen molar-refractivity contribution in [1.82, 2.24) is 10.6 Å². The first-order chi connectivity index (χ1) is 13.0. The summed E-state index contributed by atoms with van der Waals surface area (Å²) in [4.78, 5) is 24.0. The third-order valence-corrected chi connectivity index (χ3v) is 4.39. The van der Waals surface area contributed by atoms with Crippen molar-refractivity contribution in [3.63, 3.8) is 0 Å². The van der Waals surface area contributed by atoms with Crippen LogP contribution >= 0.6 is 0 Å². The van der Waals surface area contributed by atoms with Crippen LogP contribution in [-0.2, 0) is 9.59 Å². The molecule has 0 fully saturated rings. The normalized spacial score (nSPS) is 14.2. The van der Waals surface area contributed by atoms with E-state index in [-0.39, 0.29) is 17.5 Å². The number of amides is 2. The van der Waals surface area contributed by atoms with Gasteiger partial charge in [0.2, 0.25) is 5.91 Å². The molecule has 2 rings (SSSR count). The number of hydrogen-bond acceptors (Lipinski definition) is 4. The van der Waals surface area contributed by atoms with E-state index in [1.54, 1.807) is 38.5 Å². The topological polar surface area (TPSA) is 76.7 Å². The van der Waals surface area contributed by atoms with Gasteiger partial charge in [-0.3, -0.25) is 9.59 Å². The van der Waals surface area contributed by atoms with Crippen molar-refractivity contribution in [2.24, 2.45) is 0 Å². The number of benzene rings is 1. The molecule has 0 heterocycles. The van der Waals surface area contributed by atoms with Crippen molar-refractivity contribution in [2.45, 2.75) is 39.0 Å². The second-order valence-electron chi connectivity index (χ2n) is 6.47. The Morgan fingerprint density at radius 3 is 2.56 bits per heavy atom. The molecule has 2 N–H and O–H groups in total. The fraction of sp³-hybridized carbons (Fsp3) is 0.429. The molecule has 0 saturated carbocycles. The van der Waals surface area contributed by atoms with Gasteiger partial charge in [0.15, 0.2) is 11.5 Å². The fourth-order valence-corrected chi connectivity index (χ4v) is 3.02. The van der Waals surface area contributed by atoms with Crippen LogP contribution in [0.5, 0.6) is 11.5 Å². The smallest absolute Gasteiger partial charge is 0.267 e. The minimum absolute atomic E-state index is 0.201. The molecule has 0 spiro atoms. The Balaban J connectivity index is 2.08. The lowest BCUT2D eigenvalue weighted by atomic mass is 9.97. The number of ether oxygens (including phenoxy) is 2. The van der Waals surface area contributed by atoms with Crippen molar-refractivity contribution < 1.29 is 19.1 Å². The third kappa shape index (κ3) is 6.47. The van der Waals surface area contributed by atoms with E-state index in [1.807, 2.05) is 0 Å². The molecule has 0 aromatic heterocycles. The summed E-state index contributed by atoms with van der Waals surface area (Å²) in [6.07, 6.45) is 9.43. The summed E-state index contributed by atoms with van der Waals surface area (Å²) >= 11 is 0. The van der Waals surface area contributed by atoms with Gasteiger partial charge in [0, 0.05) is 13.5 Å². The fourth-order valence-electron chi connectivity index (χ4n) is 3.02. The SMILES string of the molecule is COc1ccc(C=C(NC(C)=O)C(=O)NCCC2=CCCCC2)cc1OC. The molecule has 0 radical (unpaired) electrons. The van der Waals surface area contributed by atoms with E-state index in [1.165, 1.54) is 25.3 Å². The lowest BCUT2D eigenvalue weighted by Gasteiger charge is -2.14. The highest BCUT2D eigenvalue weighted by molar-refractivity contribution is 6.00. The molecule has 2 amide bonds. The van der Waals surface area contributed by atoms with Crippen LogP contribution in [0.15, 0.2) is 35.5 Å². The molecule has 0 bridgehead atoms. The van der Waals surface area contributed by atoms with Crippen LogP contribution in [-0.4, -0.2) is 32.6 Å². The molecule has 1 aromatic rings. The van der Waals surface area contributed by atoms with Crippen LogP contribution in [0.4, 0.5) is 0 Å². The molecule has 0 aliphatic heterocycles. The molecule has 1 aliphatic rings. The summed E-state index contributed by atoms with van der Waals surface area (Å²) in [7, 11) is 3.11. The molecular formula is C21H28N2O4. The van der Waals surface area contributed by atoms with Gasteiger partial charge in [-0.2, -0.15) is 0 Å². The highest BCUT2D eigenvalue weighted by atomic mass is 16.5. The van der Waals surface area contributed by atoms with Crippen LogP contribution in [0.2, 0.25) is 0 Å². The van der Waals surface area contributed by atoms with Crippen LogP contribution in [0.25, 0.3) is 6.08 Å². The summed E-state index contributed by atoms with van der Waals surface area (Å²) in [5, 5.41) is 5.49. The molecular weight excluding hydrogens is 344 g/mol. The quantitative estimate of drug-likeness (QED) is 0.543. The number of allylic oxidation sites excluding steroid dienone is 1. The molecule has 0 saturated heterocycles. The molecule has 1 aromatic carbocycles. The lowest BCUT2D eigenvalue weighted by molar-refractivity contribution is -0.122. The second kappa shape index (κ2) is 10.4. The van der Waals surface area contributed by atoms with E-state index in [9.17, 15) is 9.59 Å². The average molecular weight is 372 g/mol. The van der Waals surface area contributed by atoms with Crippen molar-refractivity contribution in [2.75, 3.05) is 20.8 Å². The van der Waals surface area contributed by atoms with Crippen LogP contribution in [0, 0.1) is 0 Å². The maximum Gasteiger partial charge on any atom is 0.267 e. The third-order valence-electron chi connectivity index (χ3n) is 4.39. The van der Waals surface area contributed by atoms with Crippen molar-refractivity contribution in [1.29, 1.82) is 0 Å². The number of nitrogens with one attached hydrogen (secondary N) is 2. The number of carbonyl (C=O) groups excluding carboxylic acids is 2. The molecule has 6 nitrogen and oxygen atoms in total. The monoisotopic (exact) mass is 372 g/mol. The van der Waals surface area contributed by atoms with Crippen molar-refractivity contribution >= 4 is 17.9 Å². The Morgan fingerprint density at radius 2 is 1.93 bits per heavy atom.